The van der Waals surface area contributed by atoms with Crippen molar-refractivity contribution < 1.29 is 17.9 Å². The number of nitrogens with zero attached hydrogens (tertiary/aromatic N) is 3. The zero-order chi connectivity index (χ0) is 20.7. The van der Waals surface area contributed by atoms with Gasteiger partial charge in [-0.1, -0.05) is 30.3 Å². The number of aromatic nitrogens is 2. The topological polar surface area (TPSA) is 77.5 Å². The Morgan fingerprint density at radius 2 is 1.83 bits per heavy atom. The van der Waals surface area contributed by atoms with Crippen LogP contribution in [-0.4, -0.2) is 21.9 Å². The fourth-order valence-corrected chi connectivity index (χ4v) is 2.67. The maximum atomic E-state index is 12.2. The van der Waals surface area contributed by atoms with Crippen molar-refractivity contribution in [3.63, 3.8) is 0 Å². The number of aryl methyl sites for hydroxylation is 2. The summed E-state index contributed by atoms with van der Waals surface area (Å²) in [5.74, 6) is 0.589. The second-order valence-corrected chi connectivity index (χ2v) is 6.17. The van der Waals surface area contributed by atoms with E-state index in [1.165, 1.54) is 29.8 Å². The van der Waals surface area contributed by atoms with Crippen LogP contribution >= 0.6 is 0 Å². The SMILES string of the molecule is NC(=NCc1nccn1CCc1ccccc1)Nc1ccc(OC(F)(F)F)cc1. The van der Waals surface area contributed by atoms with Crippen molar-refractivity contribution in [1.29, 1.82) is 0 Å². The fraction of sp³-hybridized carbons (Fsp3) is 0.200. The van der Waals surface area contributed by atoms with Crippen LogP contribution in [0.15, 0.2) is 72.0 Å². The van der Waals surface area contributed by atoms with Crippen molar-refractivity contribution in [1.82, 2.24) is 9.55 Å². The van der Waals surface area contributed by atoms with Gasteiger partial charge in [0, 0.05) is 24.6 Å². The monoisotopic (exact) mass is 403 g/mol. The van der Waals surface area contributed by atoms with Gasteiger partial charge in [0.1, 0.15) is 18.1 Å². The summed E-state index contributed by atoms with van der Waals surface area (Å²) in [6.45, 7) is 1.04. The Morgan fingerprint density at radius 1 is 1.10 bits per heavy atom. The summed E-state index contributed by atoms with van der Waals surface area (Å²) in [6, 6.07) is 15.4. The molecule has 1 heterocycles. The van der Waals surface area contributed by atoms with E-state index in [1.54, 1.807) is 6.20 Å². The molecule has 0 spiro atoms. The average Bonchev–Trinajstić information content (AvgIpc) is 3.13. The molecule has 0 fully saturated rings. The number of anilines is 1. The molecular formula is C20H20F3N5O. The molecule has 0 bridgehead atoms. The highest BCUT2D eigenvalue weighted by molar-refractivity contribution is 5.92. The lowest BCUT2D eigenvalue weighted by Gasteiger charge is -2.10. The lowest BCUT2D eigenvalue weighted by Crippen LogP contribution is -2.23. The first-order chi connectivity index (χ1) is 13.9. The predicted octanol–water partition coefficient (Wildman–Crippen LogP) is 3.95. The van der Waals surface area contributed by atoms with Gasteiger partial charge in [-0.2, -0.15) is 0 Å². The lowest BCUT2D eigenvalue weighted by atomic mass is 10.1. The van der Waals surface area contributed by atoms with Gasteiger partial charge in [-0.05, 0) is 36.2 Å². The van der Waals surface area contributed by atoms with E-state index in [-0.39, 0.29) is 18.3 Å². The number of aliphatic imine (C=N–C) groups is 1. The second kappa shape index (κ2) is 9.13. The number of nitrogens with one attached hydrogen (secondary N) is 1. The van der Waals surface area contributed by atoms with E-state index in [9.17, 15) is 13.2 Å². The van der Waals surface area contributed by atoms with Gasteiger partial charge in [0.2, 0.25) is 0 Å². The average molecular weight is 403 g/mol. The van der Waals surface area contributed by atoms with Crippen LogP contribution in [0.2, 0.25) is 0 Å². The number of nitrogens with two attached hydrogens (primary N) is 1. The smallest absolute Gasteiger partial charge is 0.406 e. The number of imidazole rings is 1. The van der Waals surface area contributed by atoms with Crippen LogP contribution in [0.3, 0.4) is 0 Å². The minimum absolute atomic E-state index is 0.132. The van der Waals surface area contributed by atoms with Gasteiger partial charge in [0.25, 0.3) is 0 Å². The number of guanidine groups is 1. The van der Waals surface area contributed by atoms with E-state index in [1.807, 2.05) is 29.0 Å². The molecule has 3 N–H and O–H groups in total. The molecule has 6 nitrogen and oxygen atoms in total. The van der Waals surface area contributed by atoms with Gasteiger partial charge < -0.3 is 20.4 Å². The van der Waals surface area contributed by atoms with Crippen molar-refractivity contribution in [2.75, 3.05) is 5.32 Å². The Bertz CT molecular complexity index is 937. The summed E-state index contributed by atoms with van der Waals surface area (Å²) >= 11 is 0. The molecule has 1 aromatic heterocycles. The Labute approximate surface area is 165 Å². The summed E-state index contributed by atoms with van der Waals surface area (Å²) in [6.07, 6.45) is -0.262. The Morgan fingerprint density at radius 3 is 2.52 bits per heavy atom. The van der Waals surface area contributed by atoms with Gasteiger partial charge in [0.05, 0.1) is 0 Å². The second-order valence-electron chi connectivity index (χ2n) is 6.17. The van der Waals surface area contributed by atoms with Gasteiger partial charge >= 0.3 is 6.36 Å². The molecule has 0 aliphatic carbocycles. The highest BCUT2D eigenvalue weighted by Crippen LogP contribution is 2.23. The van der Waals surface area contributed by atoms with Gasteiger partial charge in [-0.15, -0.1) is 13.2 Å². The van der Waals surface area contributed by atoms with Gasteiger partial charge in [-0.25, -0.2) is 9.98 Å². The molecule has 0 unspecified atom stereocenters. The number of ether oxygens (including phenoxy) is 1. The molecule has 9 heteroatoms. The summed E-state index contributed by atoms with van der Waals surface area (Å²) in [4.78, 5) is 8.55. The van der Waals surface area contributed by atoms with Crippen molar-refractivity contribution in [2.24, 2.45) is 10.7 Å². The maximum Gasteiger partial charge on any atom is 0.573 e. The first-order valence-electron chi connectivity index (χ1n) is 8.86. The van der Waals surface area contributed by atoms with E-state index < -0.39 is 6.36 Å². The number of alkyl halides is 3. The first-order valence-corrected chi connectivity index (χ1v) is 8.86. The molecule has 0 amide bonds. The molecule has 3 aromatic rings. The molecular weight excluding hydrogens is 383 g/mol. The van der Waals surface area contributed by atoms with E-state index in [0.717, 1.165) is 18.8 Å². The molecule has 0 aliphatic rings. The third-order valence-corrected chi connectivity index (χ3v) is 4.04. The van der Waals surface area contributed by atoms with Crippen molar-refractivity contribution in [3.8, 4) is 5.75 Å². The minimum Gasteiger partial charge on any atom is -0.406 e. The van der Waals surface area contributed by atoms with Crippen LogP contribution in [0, 0.1) is 0 Å². The largest absolute Gasteiger partial charge is 0.573 e. The first kappa shape index (κ1) is 20.2. The van der Waals surface area contributed by atoms with Gasteiger partial charge in [0.15, 0.2) is 5.96 Å². The number of hydrogen-bond donors (Lipinski definition) is 2. The van der Waals surface area contributed by atoms with Gasteiger partial charge in [-0.3, -0.25) is 0 Å². The zero-order valence-electron chi connectivity index (χ0n) is 15.4. The van der Waals surface area contributed by atoms with Crippen molar-refractivity contribution in [2.45, 2.75) is 25.9 Å². The van der Waals surface area contributed by atoms with Crippen LogP contribution in [-0.2, 0) is 19.5 Å². The van der Waals surface area contributed by atoms with Crippen LogP contribution in [0.4, 0.5) is 18.9 Å². The number of halogens is 3. The molecule has 2 aromatic carbocycles. The van der Waals surface area contributed by atoms with E-state index in [4.69, 9.17) is 5.73 Å². The standard InChI is InChI=1S/C20H20F3N5O/c21-20(22,23)29-17-8-6-16(7-9-17)27-19(24)26-14-18-25-11-13-28(18)12-10-15-4-2-1-3-5-15/h1-9,11,13H,10,12,14H2,(H3,24,26,27). The predicted molar refractivity (Wildman–Crippen MR) is 104 cm³/mol. The highest BCUT2D eigenvalue weighted by atomic mass is 19.4. The summed E-state index contributed by atoms with van der Waals surface area (Å²) in [5.41, 5.74) is 7.59. The zero-order valence-corrected chi connectivity index (χ0v) is 15.4. The third-order valence-electron chi connectivity index (χ3n) is 4.04. The quantitative estimate of drug-likeness (QED) is 0.463. The molecule has 152 valence electrons. The molecule has 0 saturated heterocycles. The molecule has 0 atom stereocenters. The summed E-state index contributed by atoms with van der Waals surface area (Å²) in [5, 5.41) is 2.83. The Hall–Kier alpha value is -3.49. The van der Waals surface area contributed by atoms with E-state index in [2.05, 4.69) is 32.2 Å². The number of rotatable bonds is 7. The fourth-order valence-electron chi connectivity index (χ4n) is 2.67. The maximum absolute atomic E-state index is 12.2. The minimum atomic E-state index is -4.72. The van der Waals surface area contributed by atoms with Crippen LogP contribution < -0.4 is 15.8 Å². The summed E-state index contributed by atoms with van der Waals surface area (Å²) in [7, 11) is 0. The van der Waals surface area contributed by atoms with Crippen LogP contribution in [0.25, 0.3) is 0 Å². The third kappa shape index (κ3) is 6.56. The number of benzene rings is 2. The Balaban J connectivity index is 1.54. The lowest BCUT2D eigenvalue weighted by molar-refractivity contribution is -0.274. The molecule has 29 heavy (non-hydrogen) atoms. The molecule has 0 aliphatic heterocycles. The van der Waals surface area contributed by atoms with Crippen molar-refractivity contribution >= 4 is 11.6 Å². The molecule has 3 rings (SSSR count). The number of hydrogen-bond acceptors (Lipinski definition) is 3. The normalized spacial score (nSPS) is 12.0. The summed E-state index contributed by atoms with van der Waals surface area (Å²) < 4.78 is 42.4. The molecule has 0 saturated carbocycles. The highest BCUT2D eigenvalue weighted by Gasteiger charge is 2.30. The van der Waals surface area contributed by atoms with E-state index in [0.29, 0.717) is 5.69 Å². The molecule has 0 radical (unpaired) electrons. The van der Waals surface area contributed by atoms with Crippen LogP contribution in [0.1, 0.15) is 11.4 Å². The van der Waals surface area contributed by atoms with Crippen LogP contribution in [0.5, 0.6) is 5.75 Å². The Kier molecular flexibility index (Phi) is 6.38. The van der Waals surface area contributed by atoms with E-state index >= 15 is 0 Å². The van der Waals surface area contributed by atoms with Crippen molar-refractivity contribution in [3.05, 3.63) is 78.4 Å².